The molecule has 0 saturated heterocycles. The van der Waals surface area contributed by atoms with E-state index in [4.69, 9.17) is 6.42 Å². The number of nitrogens with zero attached hydrogens (tertiary/aromatic N) is 1. The van der Waals surface area contributed by atoms with Gasteiger partial charge < -0.3 is 10.6 Å². The van der Waals surface area contributed by atoms with Gasteiger partial charge in [-0.25, -0.2) is 0 Å². The number of benzene rings is 1. The lowest BCUT2D eigenvalue weighted by atomic mass is 10.0. The molecule has 20 heavy (non-hydrogen) atoms. The first kappa shape index (κ1) is 13.9. The van der Waals surface area contributed by atoms with Gasteiger partial charge in [-0.3, -0.25) is 14.9 Å². The maximum Gasteiger partial charge on any atom is 0.292 e. The molecular weight excluding hydrogens is 258 g/mol. The topological polar surface area (TPSA) is 84.3 Å². The number of carbonyl (C=O) groups is 1. The van der Waals surface area contributed by atoms with Crippen molar-refractivity contribution in [2.75, 3.05) is 10.6 Å². The van der Waals surface area contributed by atoms with Gasteiger partial charge in [0.05, 0.1) is 11.0 Å². The third kappa shape index (κ3) is 2.72. The van der Waals surface area contributed by atoms with Crippen molar-refractivity contribution in [3.63, 3.8) is 0 Å². The van der Waals surface area contributed by atoms with Crippen LogP contribution in [0.3, 0.4) is 0 Å². The summed E-state index contributed by atoms with van der Waals surface area (Å²) in [6.45, 7) is 1.89. The first-order chi connectivity index (χ1) is 9.55. The molecule has 1 aromatic carbocycles. The third-order valence-electron chi connectivity index (χ3n) is 3.25. The molecule has 0 radical (unpaired) electrons. The Hall–Kier alpha value is -2.55. The van der Waals surface area contributed by atoms with Gasteiger partial charge in [0.25, 0.3) is 5.69 Å². The van der Waals surface area contributed by atoms with Crippen molar-refractivity contribution in [3.05, 3.63) is 27.8 Å². The van der Waals surface area contributed by atoms with Gasteiger partial charge in [0, 0.05) is 18.2 Å². The number of amides is 1. The predicted molar refractivity (Wildman–Crippen MR) is 76.6 cm³/mol. The summed E-state index contributed by atoms with van der Waals surface area (Å²) >= 11 is 0. The van der Waals surface area contributed by atoms with Crippen LogP contribution in [0, 0.1) is 22.5 Å². The summed E-state index contributed by atoms with van der Waals surface area (Å²) in [5.74, 6) is 2.45. The van der Waals surface area contributed by atoms with Crippen molar-refractivity contribution in [1.29, 1.82) is 0 Å². The van der Waals surface area contributed by atoms with Crippen LogP contribution in [0.2, 0.25) is 0 Å². The molecule has 1 heterocycles. The van der Waals surface area contributed by atoms with Gasteiger partial charge in [0.2, 0.25) is 5.91 Å². The van der Waals surface area contributed by atoms with Gasteiger partial charge in [-0.05, 0) is 24.5 Å². The quantitative estimate of drug-likeness (QED) is 0.501. The predicted octanol–water partition coefficient (Wildman–Crippen LogP) is 2.30. The fourth-order valence-electron chi connectivity index (χ4n) is 2.13. The first-order valence-electron chi connectivity index (χ1n) is 6.39. The second-order valence-electron chi connectivity index (χ2n) is 4.60. The summed E-state index contributed by atoms with van der Waals surface area (Å²) < 4.78 is 0. The van der Waals surface area contributed by atoms with E-state index in [2.05, 4.69) is 16.6 Å². The van der Waals surface area contributed by atoms with E-state index < -0.39 is 4.92 Å². The van der Waals surface area contributed by atoms with E-state index in [1.165, 1.54) is 6.07 Å². The van der Waals surface area contributed by atoms with Crippen LogP contribution < -0.4 is 10.6 Å². The molecule has 0 saturated carbocycles. The fourth-order valence-corrected chi connectivity index (χ4v) is 2.13. The number of hydrogen-bond donors (Lipinski definition) is 2. The molecule has 6 heteroatoms. The molecule has 1 aliphatic rings. The average Bonchev–Trinajstić information content (AvgIpc) is 2.43. The van der Waals surface area contributed by atoms with Crippen LogP contribution in [-0.4, -0.2) is 16.9 Å². The van der Waals surface area contributed by atoms with E-state index in [0.29, 0.717) is 30.6 Å². The number of terminal acetylenes is 1. The van der Waals surface area contributed by atoms with Gasteiger partial charge in [0.1, 0.15) is 5.69 Å². The van der Waals surface area contributed by atoms with Crippen LogP contribution in [0.25, 0.3) is 0 Å². The highest BCUT2D eigenvalue weighted by Gasteiger charge is 2.23. The zero-order valence-electron chi connectivity index (χ0n) is 11.1. The highest BCUT2D eigenvalue weighted by molar-refractivity contribution is 5.95. The molecule has 1 aliphatic heterocycles. The molecule has 6 nitrogen and oxygen atoms in total. The second kappa shape index (κ2) is 5.61. The molecule has 104 valence electrons. The largest absolute Gasteiger partial charge is 0.366 e. The molecule has 0 aromatic heterocycles. The Morgan fingerprint density at radius 2 is 2.30 bits per heavy atom. The number of hydrogen-bond acceptors (Lipinski definition) is 4. The molecule has 0 bridgehead atoms. The Balaban J connectivity index is 2.43. The van der Waals surface area contributed by atoms with E-state index in [1.54, 1.807) is 6.07 Å². The van der Waals surface area contributed by atoms with Crippen molar-refractivity contribution in [2.24, 2.45) is 0 Å². The van der Waals surface area contributed by atoms with Crippen molar-refractivity contribution in [2.45, 2.75) is 32.2 Å². The lowest BCUT2D eigenvalue weighted by molar-refractivity contribution is -0.384. The molecule has 0 spiro atoms. The Kier molecular flexibility index (Phi) is 3.89. The molecule has 0 aliphatic carbocycles. The number of nitro groups is 1. The molecule has 2 N–H and O–H groups in total. The van der Waals surface area contributed by atoms with E-state index >= 15 is 0 Å². The summed E-state index contributed by atoms with van der Waals surface area (Å²) in [5.41, 5.74) is 1.70. The Morgan fingerprint density at radius 3 is 2.90 bits per heavy atom. The molecule has 0 fully saturated rings. The number of anilines is 2. The van der Waals surface area contributed by atoms with Gasteiger partial charge >= 0.3 is 0 Å². The fraction of sp³-hybridized carbons (Fsp3) is 0.357. The monoisotopic (exact) mass is 273 g/mol. The maximum atomic E-state index is 11.4. The summed E-state index contributed by atoms with van der Waals surface area (Å²) in [5, 5.41) is 16.8. The molecule has 1 unspecified atom stereocenters. The third-order valence-corrected chi connectivity index (χ3v) is 3.25. The van der Waals surface area contributed by atoms with Crippen molar-refractivity contribution in [1.82, 2.24) is 0 Å². The van der Waals surface area contributed by atoms with Crippen LogP contribution in [0.4, 0.5) is 17.1 Å². The standard InChI is InChI=1S/C14H15N3O3/c1-3-10(4-2)15-12-8-11-9(5-6-14(18)16-11)7-13(12)17(19)20/h1,7-8,10,15H,4-6H2,2H3,(H,16,18). The molecule has 1 aromatic rings. The second-order valence-corrected chi connectivity index (χ2v) is 4.60. The van der Waals surface area contributed by atoms with Gasteiger partial charge in [-0.15, -0.1) is 6.42 Å². The van der Waals surface area contributed by atoms with Crippen LogP contribution >= 0.6 is 0 Å². The highest BCUT2D eigenvalue weighted by Crippen LogP contribution is 2.34. The zero-order valence-corrected chi connectivity index (χ0v) is 11.1. The van der Waals surface area contributed by atoms with Crippen LogP contribution in [0.5, 0.6) is 0 Å². The minimum Gasteiger partial charge on any atom is -0.366 e. The summed E-state index contributed by atoms with van der Waals surface area (Å²) in [4.78, 5) is 22.1. The SMILES string of the molecule is C#CC(CC)Nc1cc2c(cc1[N+](=O)[O-])CCC(=O)N2. The summed E-state index contributed by atoms with van der Waals surface area (Å²) in [7, 11) is 0. The van der Waals surface area contributed by atoms with Gasteiger partial charge in [0.15, 0.2) is 0 Å². The lowest BCUT2D eigenvalue weighted by Crippen LogP contribution is -2.21. The maximum absolute atomic E-state index is 11.4. The van der Waals surface area contributed by atoms with E-state index in [-0.39, 0.29) is 17.6 Å². The van der Waals surface area contributed by atoms with Crippen LogP contribution in [-0.2, 0) is 11.2 Å². The number of aryl methyl sites for hydroxylation is 1. The molecule has 1 amide bonds. The number of nitrogens with one attached hydrogen (secondary N) is 2. The number of carbonyl (C=O) groups excluding carboxylic acids is 1. The van der Waals surface area contributed by atoms with Crippen molar-refractivity contribution < 1.29 is 9.72 Å². The van der Waals surface area contributed by atoms with Crippen LogP contribution in [0.1, 0.15) is 25.3 Å². The highest BCUT2D eigenvalue weighted by atomic mass is 16.6. The van der Waals surface area contributed by atoms with Gasteiger partial charge in [-0.2, -0.15) is 0 Å². The normalized spacial score (nSPS) is 14.7. The number of nitro benzene ring substituents is 1. The Morgan fingerprint density at radius 1 is 1.55 bits per heavy atom. The Bertz CT molecular complexity index is 604. The Labute approximate surface area is 116 Å². The van der Waals surface area contributed by atoms with Crippen molar-refractivity contribution >= 4 is 23.0 Å². The van der Waals surface area contributed by atoms with Crippen molar-refractivity contribution in [3.8, 4) is 12.3 Å². The minimum absolute atomic E-state index is 0.0198. The zero-order chi connectivity index (χ0) is 14.7. The molecule has 1 atom stereocenters. The number of fused-ring (bicyclic) bond motifs is 1. The van der Waals surface area contributed by atoms with E-state index in [9.17, 15) is 14.9 Å². The summed E-state index contributed by atoms with van der Waals surface area (Å²) in [6.07, 6.45) is 6.87. The van der Waals surface area contributed by atoms with Crippen LogP contribution in [0.15, 0.2) is 12.1 Å². The lowest BCUT2D eigenvalue weighted by Gasteiger charge is -2.19. The molecule has 2 rings (SSSR count). The average molecular weight is 273 g/mol. The summed E-state index contributed by atoms with van der Waals surface area (Å²) in [6, 6.07) is 2.80. The van der Waals surface area contributed by atoms with E-state index in [1.807, 2.05) is 6.92 Å². The minimum atomic E-state index is -0.442. The van der Waals surface area contributed by atoms with Gasteiger partial charge in [-0.1, -0.05) is 12.8 Å². The smallest absolute Gasteiger partial charge is 0.292 e. The number of rotatable bonds is 4. The first-order valence-corrected chi connectivity index (χ1v) is 6.39. The van der Waals surface area contributed by atoms with E-state index in [0.717, 1.165) is 5.56 Å². The molecular formula is C14H15N3O3.